The van der Waals surface area contributed by atoms with Crippen LogP contribution in [-0.4, -0.2) is 4.98 Å². The second kappa shape index (κ2) is 4.46. The Kier molecular flexibility index (Phi) is 2.49. The zero-order chi connectivity index (χ0) is 13.4. The van der Waals surface area contributed by atoms with Crippen LogP contribution in [0.1, 0.15) is 0 Å². The Morgan fingerprint density at radius 2 is 1.50 bits per heavy atom. The maximum Gasteiger partial charge on any atom is 0.0708 e. The lowest BCUT2D eigenvalue weighted by atomic mass is 10.0. The van der Waals surface area contributed by atoms with Crippen LogP contribution >= 0.6 is 0 Å². The van der Waals surface area contributed by atoms with Crippen molar-refractivity contribution in [1.82, 2.24) is 4.98 Å². The number of rotatable bonds is 1. The van der Waals surface area contributed by atoms with Crippen LogP contribution in [0.2, 0.25) is 0 Å². The van der Waals surface area contributed by atoms with Crippen molar-refractivity contribution >= 4 is 21.5 Å². The molecule has 0 aliphatic heterocycles. The molecule has 0 spiro atoms. The smallest absolute Gasteiger partial charge is 0.0708 e. The monoisotopic (exact) mass is 254 g/mol. The quantitative estimate of drug-likeness (QED) is 0.442. The number of pyridine rings is 1. The Balaban J connectivity index is 1.97. The molecule has 4 aromatic rings. The highest BCUT2D eigenvalue weighted by Crippen LogP contribution is 2.26. The van der Waals surface area contributed by atoms with Gasteiger partial charge in [-0.1, -0.05) is 42.5 Å². The second-order valence-electron chi connectivity index (χ2n) is 4.87. The number of aromatic nitrogens is 1. The average molecular weight is 254 g/mol. The van der Waals surface area contributed by atoms with Gasteiger partial charge in [-0.2, -0.15) is 0 Å². The highest BCUT2D eigenvalue weighted by atomic mass is 14.7. The van der Waals surface area contributed by atoms with E-state index in [0.717, 1.165) is 16.6 Å². The molecule has 1 aromatic heterocycles. The summed E-state index contributed by atoms with van der Waals surface area (Å²) >= 11 is 0. The number of hydrogen-bond donors (Lipinski definition) is 0. The van der Waals surface area contributed by atoms with Crippen LogP contribution in [0.5, 0.6) is 0 Å². The van der Waals surface area contributed by atoms with Gasteiger partial charge in [-0.25, -0.2) is 0 Å². The Hall–Kier alpha value is -2.67. The molecule has 93 valence electrons. The highest BCUT2D eigenvalue weighted by Gasteiger charge is 2.02. The lowest BCUT2D eigenvalue weighted by Crippen LogP contribution is -1.83. The summed E-state index contributed by atoms with van der Waals surface area (Å²) in [5.74, 6) is 0. The van der Waals surface area contributed by atoms with Crippen molar-refractivity contribution in [1.29, 1.82) is 0 Å². The SMILES string of the molecule is [c]1c(-c2ccccn2)ccc2cc3ccccc3cc12. The van der Waals surface area contributed by atoms with E-state index in [4.69, 9.17) is 0 Å². The molecule has 0 saturated heterocycles. The molecular weight excluding hydrogens is 242 g/mol. The summed E-state index contributed by atoms with van der Waals surface area (Å²) in [7, 11) is 0. The molecule has 3 aromatic carbocycles. The van der Waals surface area contributed by atoms with Crippen LogP contribution in [0, 0.1) is 6.07 Å². The second-order valence-corrected chi connectivity index (χ2v) is 4.87. The Labute approximate surface area is 117 Å². The molecule has 0 atom stereocenters. The van der Waals surface area contributed by atoms with Crippen LogP contribution in [0.25, 0.3) is 32.8 Å². The van der Waals surface area contributed by atoms with Gasteiger partial charge in [-0.3, -0.25) is 4.98 Å². The zero-order valence-electron chi connectivity index (χ0n) is 10.9. The number of fused-ring (bicyclic) bond motifs is 2. The fourth-order valence-corrected chi connectivity index (χ4v) is 2.54. The van der Waals surface area contributed by atoms with E-state index in [1.54, 1.807) is 0 Å². The molecule has 0 aliphatic rings. The van der Waals surface area contributed by atoms with Gasteiger partial charge in [0, 0.05) is 17.8 Å². The van der Waals surface area contributed by atoms with Crippen LogP contribution in [-0.2, 0) is 0 Å². The molecule has 1 heteroatoms. The van der Waals surface area contributed by atoms with E-state index >= 15 is 0 Å². The molecule has 1 radical (unpaired) electrons. The molecule has 0 fully saturated rings. The number of nitrogens with zero attached hydrogens (tertiary/aromatic N) is 1. The van der Waals surface area contributed by atoms with Gasteiger partial charge in [-0.15, -0.1) is 0 Å². The molecular formula is C19H12N. The third kappa shape index (κ3) is 1.84. The first kappa shape index (κ1) is 11.2. The molecule has 0 saturated carbocycles. The van der Waals surface area contributed by atoms with Gasteiger partial charge in [0.05, 0.1) is 5.69 Å². The van der Waals surface area contributed by atoms with Crippen LogP contribution in [0.15, 0.2) is 72.9 Å². The van der Waals surface area contributed by atoms with E-state index in [0.29, 0.717) is 0 Å². The summed E-state index contributed by atoms with van der Waals surface area (Å²) in [6, 6.07) is 26.5. The predicted molar refractivity (Wildman–Crippen MR) is 83.5 cm³/mol. The molecule has 0 amide bonds. The summed E-state index contributed by atoms with van der Waals surface area (Å²) in [5.41, 5.74) is 2.00. The first-order chi connectivity index (χ1) is 9.90. The minimum absolute atomic E-state index is 0.961. The fourth-order valence-electron chi connectivity index (χ4n) is 2.54. The first-order valence-electron chi connectivity index (χ1n) is 6.66. The van der Waals surface area contributed by atoms with Gasteiger partial charge in [0.25, 0.3) is 0 Å². The first-order valence-corrected chi connectivity index (χ1v) is 6.66. The van der Waals surface area contributed by atoms with Crippen molar-refractivity contribution in [2.24, 2.45) is 0 Å². The third-order valence-corrected chi connectivity index (χ3v) is 3.56. The normalized spacial score (nSPS) is 11.0. The van der Waals surface area contributed by atoms with E-state index in [1.807, 2.05) is 24.4 Å². The summed E-state index contributed by atoms with van der Waals surface area (Å²) in [6.45, 7) is 0. The van der Waals surface area contributed by atoms with E-state index in [1.165, 1.54) is 16.2 Å². The maximum atomic E-state index is 4.39. The Bertz CT molecular complexity index is 895. The van der Waals surface area contributed by atoms with Gasteiger partial charge in [0.1, 0.15) is 0 Å². The van der Waals surface area contributed by atoms with Crippen LogP contribution in [0.4, 0.5) is 0 Å². The minimum Gasteiger partial charge on any atom is -0.256 e. The van der Waals surface area contributed by atoms with Crippen molar-refractivity contribution in [3.8, 4) is 11.3 Å². The highest BCUT2D eigenvalue weighted by molar-refractivity contribution is 5.99. The summed E-state index contributed by atoms with van der Waals surface area (Å²) < 4.78 is 0. The maximum absolute atomic E-state index is 4.39. The molecule has 1 heterocycles. The van der Waals surface area contributed by atoms with Crippen LogP contribution in [0.3, 0.4) is 0 Å². The number of benzene rings is 3. The molecule has 0 aliphatic carbocycles. The van der Waals surface area contributed by atoms with Crippen molar-refractivity contribution in [2.45, 2.75) is 0 Å². The van der Waals surface area contributed by atoms with Gasteiger partial charge < -0.3 is 0 Å². The predicted octanol–water partition coefficient (Wildman–Crippen LogP) is 4.86. The van der Waals surface area contributed by atoms with Crippen molar-refractivity contribution in [3.05, 3.63) is 79.0 Å². The van der Waals surface area contributed by atoms with Crippen LogP contribution < -0.4 is 0 Å². The van der Waals surface area contributed by atoms with Gasteiger partial charge in [0.2, 0.25) is 0 Å². The summed E-state index contributed by atoms with van der Waals surface area (Å²) in [4.78, 5) is 4.39. The molecule has 1 nitrogen and oxygen atoms in total. The fraction of sp³-hybridized carbons (Fsp3) is 0. The Morgan fingerprint density at radius 3 is 2.30 bits per heavy atom. The molecule has 0 bridgehead atoms. The van der Waals surface area contributed by atoms with Crippen molar-refractivity contribution in [3.63, 3.8) is 0 Å². The number of hydrogen-bond acceptors (Lipinski definition) is 1. The summed E-state index contributed by atoms with van der Waals surface area (Å²) in [5, 5.41) is 4.85. The molecule has 0 N–H and O–H groups in total. The average Bonchev–Trinajstić information content (AvgIpc) is 2.53. The van der Waals surface area contributed by atoms with E-state index in [9.17, 15) is 0 Å². The van der Waals surface area contributed by atoms with E-state index < -0.39 is 0 Å². The van der Waals surface area contributed by atoms with Crippen molar-refractivity contribution in [2.75, 3.05) is 0 Å². The minimum atomic E-state index is 0.961. The zero-order valence-corrected chi connectivity index (χ0v) is 10.9. The molecule has 20 heavy (non-hydrogen) atoms. The third-order valence-electron chi connectivity index (χ3n) is 3.56. The largest absolute Gasteiger partial charge is 0.256 e. The van der Waals surface area contributed by atoms with Crippen molar-refractivity contribution < 1.29 is 0 Å². The lowest BCUT2D eigenvalue weighted by Gasteiger charge is -2.05. The Morgan fingerprint density at radius 1 is 0.700 bits per heavy atom. The molecule has 0 unspecified atom stereocenters. The van der Waals surface area contributed by atoms with Gasteiger partial charge in [-0.05, 0) is 45.8 Å². The van der Waals surface area contributed by atoms with E-state index in [-0.39, 0.29) is 0 Å². The topological polar surface area (TPSA) is 12.9 Å². The lowest BCUT2D eigenvalue weighted by molar-refractivity contribution is 1.33. The molecule has 4 rings (SSSR count). The van der Waals surface area contributed by atoms with E-state index in [2.05, 4.69) is 59.6 Å². The van der Waals surface area contributed by atoms with Gasteiger partial charge >= 0.3 is 0 Å². The summed E-state index contributed by atoms with van der Waals surface area (Å²) in [6.07, 6.45) is 1.81. The standard InChI is InChI=1S/C19H12N/c1-2-6-15-12-18-13-17(19-7-3-4-10-20-19)9-8-16(18)11-14(15)5-1/h1-12H. The van der Waals surface area contributed by atoms with Gasteiger partial charge in [0.15, 0.2) is 0 Å².